The molecule has 1 saturated heterocycles. The lowest BCUT2D eigenvalue weighted by atomic mass is 10.0. The molecule has 1 aliphatic rings. The van der Waals surface area contributed by atoms with Crippen LogP contribution in [-0.4, -0.2) is 53.0 Å². The van der Waals surface area contributed by atoms with E-state index in [9.17, 15) is 9.90 Å². The molecule has 1 fully saturated rings. The molecule has 4 rings (SSSR count). The van der Waals surface area contributed by atoms with Crippen LogP contribution in [-0.2, 0) is 4.74 Å². The van der Waals surface area contributed by atoms with E-state index < -0.39 is 6.10 Å². The molecule has 0 spiro atoms. The van der Waals surface area contributed by atoms with Crippen molar-refractivity contribution in [2.45, 2.75) is 19.1 Å². The summed E-state index contributed by atoms with van der Waals surface area (Å²) >= 11 is 0. The van der Waals surface area contributed by atoms with Crippen molar-refractivity contribution in [3.05, 3.63) is 66.4 Å². The largest absolute Gasteiger partial charge is 0.388 e. The Morgan fingerprint density at radius 3 is 2.21 bits per heavy atom. The monoisotopic (exact) mass is 378 g/mol. The van der Waals surface area contributed by atoms with Gasteiger partial charge in [0, 0.05) is 23.7 Å². The van der Waals surface area contributed by atoms with E-state index in [1.54, 1.807) is 11.1 Å². The zero-order valence-electron chi connectivity index (χ0n) is 15.6. The van der Waals surface area contributed by atoms with Gasteiger partial charge in [0.25, 0.3) is 5.91 Å². The summed E-state index contributed by atoms with van der Waals surface area (Å²) in [4.78, 5) is 14.6. The summed E-state index contributed by atoms with van der Waals surface area (Å²) in [6, 6.07) is 17.0. The molecule has 1 aliphatic heterocycles. The number of aromatic nitrogens is 1. The van der Waals surface area contributed by atoms with Gasteiger partial charge in [-0.15, -0.1) is 0 Å². The lowest BCUT2D eigenvalue weighted by Crippen LogP contribution is -2.46. The van der Waals surface area contributed by atoms with Crippen LogP contribution in [0.4, 0.5) is 0 Å². The van der Waals surface area contributed by atoms with E-state index in [4.69, 9.17) is 9.26 Å². The van der Waals surface area contributed by atoms with E-state index in [1.807, 2.05) is 61.5 Å². The van der Waals surface area contributed by atoms with Gasteiger partial charge in [-0.2, -0.15) is 0 Å². The Morgan fingerprint density at radius 1 is 1.04 bits per heavy atom. The van der Waals surface area contributed by atoms with Gasteiger partial charge < -0.3 is 19.3 Å². The number of rotatable bonds is 5. The van der Waals surface area contributed by atoms with Crippen LogP contribution in [0.3, 0.4) is 0 Å². The van der Waals surface area contributed by atoms with Crippen molar-refractivity contribution in [1.29, 1.82) is 0 Å². The smallest absolute Gasteiger partial charge is 0.254 e. The van der Waals surface area contributed by atoms with Crippen LogP contribution in [0.25, 0.3) is 22.5 Å². The Labute approximate surface area is 163 Å². The van der Waals surface area contributed by atoms with Crippen LogP contribution < -0.4 is 0 Å². The second kappa shape index (κ2) is 7.96. The first-order chi connectivity index (χ1) is 13.7. The van der Waals surface area contributed by atoms with E-state index in [1.165, 1.54) is 0 Å². The molecule has 0 radical (unpaired) electrons. The molecule has 144 valence electrons. The molecule has 28 heavy (non-hydrogen) atoms. The first-order valence-electron chi connectivity index (χ1n) is 9.35. The molecule has 0 bridgehead atoms. The Balaban J connectivity index is 1.51. The molecule has 2 aromatic carbocycles. The van der Waals surface area contributed by atoms with Crippen molar-refractivity contribution >= 4 is 5.91 Å². The number of hydrogen-bond donors (Lipinski definition) is 1. The summed E-state index contributed by atoms with van der Waals surface area (Å²) in [6.07, 6.45) is 0.987. The van der Waals surface area contributed by atoms with Crippen LogP contribution in [0.15, 0.2) is 65.3 Å². The minimum Gasteiger partial charge on any atom is -0.388 e. The number of aliphatic hydroxyl groups is 1. The summed E-state index contributed by atoms with van der Waals surface area (Å²) in [6.45, 7) is 3.08. The van der Waals surface area contributed by atoms with Gasteiger partial charge >= 0.3 is 0 Å². The highest BCUT2D eigenvalue weighted by atomic mass is 16.5. The van der Waals surface area contributed by atoms with Crippen molar-refractivity contribution in [3.63, 3.8) is 0 Å². The molecular formula is C22H22N2O4. The third-order valence-corrected chi connectivity index (χ3v) is 5.10. The van der Waals surface area contributed by atoms with Gasteiger partial charge in [0.1, 0.15) is 0 Å². The number of hydrogen-bond acceptors (Lipinski definition) is 5. The summed E-state index contributed by atoms with van der Waals surface area (Å²) in [5.41, 5.74) is 3.63. The van der Waals surface area contributed by atoms with Crippen molar-refractivity contribution in [2.75, 3.05) is 19.8 Å². The summed E-state index contributed by atoms with van der Waals surface area (Å²) in [7, 11) is 0. The fourth-order valence-corrected chi connectivity index (χ4v) is 3.52. The van der Waals surface area contributed by atoms with Crippen LogP contribution in [0.1, 0.15) is 17.3 Å². The van der Waals surface area contributed by atoms with E-state index in [0.717, 1.165) is 22.5 Å². The average molecular weight is 378 g/mol. The first kappa shape index (κ1) is 18.4. The van der Waals surface area contributed by atoms with Crippen LogP contribution in [0.2, 0.25) is 0 Å². The molecule has 0 aliphatic carbocycles. The fraction of sp³-hybridized carbons (Fsp3) is 0.273. The molecule has 1 N–H and O–H groups in total. The molecule has 1 aromatic heterocycles. The van der Waals surface area contributed by atoms with Crippen molar-refractivity contribution in [2.24, 2.45) is 0 Å². The molecule has 6 heteroatoms. The SMILES string of the molecule is CCN(C(=O)c1ccc(-c2ccc(-c3ccno3)cc2)cc1)[C@H]1COC[C@@H]1O. The Kier molecular flexibility index (Phi) is 5.23. The maximum Gasteiger partial charge on any atom is 0.254 e. The quantitative estimate of drug-likeness (QED) is 0.738. The lowest BCUT2D eigenvalue weighted by molar-refractivity contribution is 0.0520. The minimum atomic E-state index is -0.633. The third kappa shape index (κ3) is 3.56. The van der Waals surface area contributed by atoms with Gasteiger partial charge in [0.05, 0.1) is 31.6 Å². The first-order valence-corrected chi connectivity index (χ1v) is 9.35. The number of amides is 1. The van der Waals surface area contributed by atoms with Gasteiger partial charge in [0.2, 0.25) is 0 Å². The number of likely N-dealkylation sites (N-methyl/N-ethyl adjacent to an activating group) is 1. The van der Waals surface area contributed by atoms with Gasteiger partial charge in [-0.25, -0.2) is 0 Å². The predicted octanol–water partition coefficient (Wildman–Crippen LogP) is 3.23. The van der Waals surface area contributed by atoms with Crippen molar-refractivity contribution in [1.82, 2.24) is 10.1 Å². The molecule has 3 aromatic rings. The number of carbonyl (C=O) groups excluding carboxylic acids is 1. The molecule has 0 unspecified atom stereocenters. The second-order valence-corrected chi connectivity index (χ2v) is 6.79. The standard InChI is InChI=1S/C22H22N2O4/c1-2-24(19-13-27-14-20(19)25)22(26)18-9-5-16(6-10-18)15-3-7-17(8-4-15)21-11-12-23-28-21/h3-12,19-20,25H,2,13-14H2,1H3/t19-,20-/m0/s1. The highest BCUT2D eigenvalue weighted by molar-refractivity contribution is 5.95. The zero-order chi connectivity index (χ0) is 19.5. The number of carbonyl (C=O) groups is 1. The predicted molar refractivity (Wildman–Crippen MR) is 105 cm³/mol. The maximum atomic E-state index is 12.9. The second-order valence-electron chi connectivity index (χ2n) is 6.79. The number of ether oxygens (including phenoxy) is 1. The maximum absolute atomic E-state index is 12.9. The number of aliphatic hydroxyl groups excluding tert-OH is 1. The molecule has 6 nitrogen and oxygen atoms in total. The van der Waals surface area contributed by atoms with Gasteiger partial charge in [-0.1, -0.05) is 41.6 Å². The normalized spacial score (nSPS) is 18.9. The zero-order valence-corrected chi connectivity index (χ0v) is 15.6. The van der Waals surface area contributed by atoms with Gasteiger partial charge in [0.15, 0.2) is 5.76 Å². The molecular weight excluding hydrogens is 356 g/mol. The third-order valence-electron chi connectivity index (χ3n) is 5.10. The van der Waals surface area contributed by atoms with Crippen LogP contribution in [0, 0.1) is 0 Å². The van der Waals surface area contributed by atoms with E-state index >= 15 is 0 Å². The van der Waals surface area contributed by atoms with E-state index in [2.05, 4.69) is 5.16 Å². The summed E-state index contributed by atoms with van der Waals surface area (Å²) < 4.78 is 10.5. The van der Waals surface area contributed by atoms with E-state index in [-0.39, 0.29) is 18.6 Å². The van der Waals surface area contributed by atoms with Gasteiger partial charge in [-0.05, 0) is 30.2 Å². The lowest BCUT2D eigenvalue weighted by Gasteiger charge is -2.28. The molecule has 2 atom stereocenters. The average Bonchev–Trinajstić information content (AvgIpc) is 3.41. The summed E-state index contributed by atoms with van der Waals surface area (Å²) in [5, 5.41) is 13.8. The van der Waals surface area contributed by atoms with Gasteiger partial charge in [-0.3, -0.25) is 4.79 Å². The highest BCUT2D eigenvalue weighted by Crippen LogP contribution is 2.25. The fourth-order valence-electron chi connectivity index (χ4n) is 3.52. The number of nitrogens with zero attached hydrogens (tertiary/aromatic N) is 2. The Morgan fingerprint density at radius 2 is 1.68 bits per heavy atom. The Bertz CT molecular complexity index is 920. The van der Waals surface area contributed by atoms with Crippen LogP contribution in [0.5, 0.6) is 0 Å². The molecule has 2 heterocycles. The van der Waals surface area contributed by atoms with Crippen molar-refractivity contribution < 1.29 is 19.2 Å². The summed E-state index contributed by atoms with van der Waals surface area (Å²) in [5.74, 6) is 0.634. The molecule has 1 amide bonds. The van der Waals surface area contributed by atoms with Crippen molar-refractivity contribution in [3.8, 4) is 22.5 Å². The number of benzene rings is 2. The van der Waals surface area contributed by atoms with E-state index in [0.29, 0.717) is 18.7 Å². The topological polar surface area (TPSA) is 75.8 Å². The Hall–Kier alpha value is -2.96. The minimum absolute atomic E-state index is 0.0933. The van der Waals surface area contributed by atoms with Crippen LogP contribution >= 0.6 is 0 Å². The highest BCUT2D eigenvalue weighted by Gasteiger charge is 2.34. The molecule has 0 saturated carbocycles.